The average Bonchev–Trinajstić information content (AvgIpc) is 2.61. The van der Waals surface area contributed by atoms with Crippen LogP contribution in [0.15, 0.2) is 48.5 Å². The summed E-state index contributed by atoms with van der Waals surface area (Å²) in [6.45, 7) is 2.82. The number of carbonyl (C=O) groups excluding carboxylic acids is 1. The summed E-state index contributed by atoms with van der Waals surface area (Å²) in [5.74, 6) is 1.12. The molecule has 23 heavy (non-hydrogen) atoms. The number of methoxy groups -OCH3 is 1. The highest BCUT2D eigenvalue weighted by Crippen LogP contribution is 2.37. The van der Waals surface area contributed by atoms with Crippen LogP contribution in [0.25, 0.3) is 0 Å². The molecule has 1 amide bonds. The number of ether oxygens (including phenoxy) is 1. The molecule has 3 heteroatoms. The van der Waals surface area contributed by atoms with E-state index in [1.54, 1.807) is 7.11 Å². The molecule has 2 aromatic rings. The summed E-state index contributed by atoms with van der Waals surface area (Å²) in [5, 5.41) is 0. The Morgan fingerprint density at radius 1 is 1.22 bits per heavy atom. The van der Waals surface area contributed by atoms with Gasteiger partial charge in [-0.05, 0) is 41.7 Å². The Hall–Kier alpha value is -2.29. The van der Waals surface area contributed by atoms with Crippen molar-refractivity contribution in [3.63, 3.8) is 0 Å². The number of fused-ring (bicyclic) bond motifs is 1. The maximum atomic E-state index is 12.6. The molecule has 0 aliphatic carbocycles. The second kappa shape index (κ2) is 6.86. The van der Waals surface area contributed by atoms with Crippen LogP contribution in [-0.2, 0) is 11.2 Å². The van der Waals surface area contributed by atoms with Crippen LogP contribution in [-0.4, -0.2) is 24.5 Å². The van der Waals surface area contributed by atoms with Crippen LogP contribution >= 0.6 is 0 Å². The van der Waals surface area contributed by atoms with Crippen LogP contribution in [0.1, 0.15) is 42.5 Å². The van der Waals surface area contributed by atoms with E-state index < -0.39 is 0 Å². The highest BCUT2D eigenvalue weighted by Gasteiger charge is 2.31. The van der Waals surface area contributed by atoms with Gasteiger partial charge in [0.05, 0.1) is 13.2 Å². The quantitative estimate of drug-likeness (QED) is 0.855. The number of rotatable bonds is 4. The third-order valence-corrected chi connectivity index (χ3v) is 4.48. The summed E-state index contributed by atoms with van der Waals surface area (Å²) in [6, 6.07) is 16.5. The first-order valence-corrected chi connectivity index (χ1v) is 8.25. The van der Waals surface area contributed by atoms with Gasteiger partial charge >= 0.3 is 0 Å². The Balaban J connectivity index is 2.05. The summed E-state index contributed by atoms with van der Waals surface area (Å²) in [7, 11) is 1.69. The zero-order valence-electron chi connectivity index (χ0n) is 13.8. The molecule has 1 heterocycles. The molecule has 0 saturated carbocycles. The third-order valence-electron chi connectivity index (χ3n) is 4.48. The predicted octanol–water partition coefficient (Wildman–Crippen LogP) is 3.97. The highest BCUT2D eigenvalue weighted by molar-refractivity contribution is 5.77. The van der Waals surface area contributed by atoms with Crippen LogP contribution in [0.2, 0.25) is 0 Å². The van der Waals surface area contributed by atoms with Crippen molar-refractivity contribution in [2.45, 2.75) is 32.2 Å². The average molecular weight is 309 g/mol. The van der Waals surface area contributed by atoms with Crippen molar-refractivity contribution in [1.82, 2.24) is 4.90 Å². The largest absolute Gasteiger partial charge is 0.497 e. The molecular weight excluding hydrogens is 286 g/mol. The predicted molar refractivity (Wildman–Crippen MR) is 91.6 cm³/mol. The fourth-order valence-corrected chi connectivity index (χ4v) is 3.35. The Labute approximate surface area is 137 Å². The lowest BCUT2D eigenvalue weighted by Gasteiger charge is -2.38. The van der Waals surface area contributed by atoms with Gasteiger partial charge in [-0.2, -0.15) is 0 Å². The van der Waals surface area contributed by atoms with E-state index in [2.05, 4.69) is 31.2 Å². The number of amides is 1. The zero-order valence-corrected chi connectivity index (χ0v) is 13.8. The molecule has 3 nitrogen and oxygen atoms in total. The van der Waals surface area contributed by atoms with Crippen molar-refractivity contribution in [3.05, 3.63) is 65.2 Å². The fraction of sp³-hybridized carbons (Fsp3) is 0.350. The monoisotopic (exact) mass is 309 g/mol. The van der Waals surface area contributed by atoms with Gasteiger partial charge in [-0.1, -0.05) is 43.3 Å². The molecule has 1 atom stereocenters. The molecule has 0 N–H and O–H groups in total. The topological polar surface area (TPSA) is 29.5 Å². The van der Waals surface area contributed by atoms with Crippen LogP contribution in [0.4, 0.5) is 0 Å². The van der Waals surface area contributed by atoms with Crippen LogP contribution < -0.4 is 4.74 Å². The summed E-state index contributed by atoms with van der Waals surface area (Å²) < 4.78 is 5.35. The van der Waals surface area contributed by atoms with E-state index in [1.165, 1.54) is 16.7 Å². The van der Waals surface area contributed by atoms with Crippen molar-refractivity contribution >= 4 is 5.91 Å². The standard InChI is InChI=1S/C20H23NO2/c1-3-7-19(22)21-13-12-16-14-17(23-2)10-11-18(16)20(21)15-8-5-4-6-9-15/h4-6,8-11,14,20H,3,7,12-13H2,1-2H3. The van der Waals surface area contributed by atoms with Gasteiger partial charge in [-0.25, -0.2) is 0 Å². The summed E-state index contributed by atoms with van der Waals surface area (Å²) in [4.78, 5) is 14.7. The van der Waals surface area contributed by atoms with Gasteiger partial charge in [0.1, 0.15) is 5.75 Å². The van der Waals surface area contributed by atoms with E-state index in [4.69, 9.17) is 4.74 Å². The van der Waals surface area contributed by atoms with Crippen LogP contribution in [0.5, 0.6) is 5.75 Å². The molecule has 1 aliphatic rings. The lowest BCUT2D eigenvalue weighted by Crippen LogP contribution is -2.40. The second-order valence-electron chi connectivity index (χ2n) is 5.97. The molecule has 1 aliphatic heterocycles. The Morgan fingerprint density at radius 2 is 2.00 bits per heavy atom. The van der Waals surface area contributed by atoms with Gasteiger partial charge in [0, 0.05) is 13.0 Å². The first kappa shape index (κ1) is 15.6. The second-order valence-corrected chi connectivity index (χ2v) is 5.97. The summed E-state index contributed by atoms with van der Waals surface area (Å²) >= 11 is 0. The maximum Gasteiger partial charge on any atom is 0.223 e. The first-order chi connectivity index (χ1) is 11.2. The minimum absolute atomic E-state index is 0.00454. The smallest absolute Gasteiger partial charge is 0.223 e. The van der Waals surface area contributed by atoms with Gasteiger partial charge in [0.25, 0.3) is 0 Å². The Kier molecular flexibility index (Phi) is 4.65. The van der Waals surface area contributed by atoms with Crippen molar-refractivity contribution in [2.24, 2.45) is 0 Å². The van der Waals surface area contributed by atoms with Gasteiger partial charge < -0.3 is 9.64 Å². The van der Waals surface area contributed by atoms with Crippen molar-refractivity contribution in [2.75, 3.05) is 13.7 Å². The number of carbonyl (C=O) groups is 1. The normalized spacial score (nSPS) is 16.8. The molecule has 0 radical (unpaired) electrons. The third kappa shape index (κ3) is 3.09. The van der Waals surface area contributed by atoms with Crippen molar-refractivity contribution < 1.29 is 9.53 Å². The minimum atomic E-state index is 0.00454. The molecule has 1 unspecified atom stereocenters. The van der Waals surface area contributed by atoms with E-state index >= 15 is 0 Å². The summed E-state index contributed by atoms with van der Waals surface area (Å²) in [5.41, 5.74) is 3.66. The van der Waals surface area contributed by atoms with Crippen molar-refractivity contribution in [3.8, 4) is 5.75 Å². The van der Waals surface area contributed by atoms with E-state index in [0.717, 1.165) is 25.1 Å². The SMILES string of the molecule is CCCC(=O)N1CCc2cc(OC)ccc2C1c1ccccc1. The molecule has 2 aromatic carbocycles. The first-order valence-electron chi connectivity index (χ1n) is 8.25. The molecule has 120 valence electrons. The number of benzene rings is 2. The number of nitrogens with zero attached hydrogens (tertiary/aromatic N) is 1. The molecule has 0 aromatic heterocycles. The van der Waals surface area contributed by atoms with Crippen molar-refractivity contribution in [1.29, 1.82) is 0 Å². The maximum absolute atomic E-state index is 12.6. The highest BCUT2D eigenvalue weighted by atomic mass is 16.5. The fourth-order valence-electron chi connectivity index (χ4n) is 3.35. The van der Waals surface area contributed by atoms with Gasteiger partial charge in [-0.15, -0.1) is 0 Å². The van der Waals surface area contributed by atoms with E-state index in [1.807, 2.05) is 29.2 Å². The van der Waals surface area contributed by atoms with Crippen LogP contribution in [0, 0.1) is 0 Å². The Bertz CT molecular complexity index is 681. The van der Waals surface area contributed by atoms with E-state index in [9.17, 15) is 4.79 Å². The molecule has 0 bridgehead atoms. The van der Waals surface area contributed by atoms with E-state index in [-0.39, 0.29) is 11.9 Å². The van der Waals surface area contributed by atoms with Gasteiger partial charge in [0.15, 0.2) is 0 Å². The van der Waals surface area contributed by atoms with Crippen LogP contribution in [0.3, 0.4) is 0 Å². The number of hydrogen-bond acceptors (Lipinski definition) is 2. The van der Waals surface area contributed by atoms with Gasteiger partial charge in [-0.3, -0.25) is 4.79 Å². The lowest BCUT2D eigenvalue weighted by molar-refractivity contribution is -0.133. The zero-order chi connectivity index (χ0) is 16.2. The number of hydrogen-bond donors (Lipinski definition) is 0. The van der Waals surface area contributed by atoms with Gasteiger partial charge in [0.2, 0.25) is 5.91 Å². The molecule has 0 saturated heterocycles. The summed E-state index contributed by atoms with van der Waals surface area (Å²) in [6.07, 6.45) is 2.37. The molecule has 0 spiro atoms. The molecule has 3 rings (SSSR count). The minimum Gasteiger partial charge on any atom is -0.497 e. The molecule has 0 fully saturated rings. The lowest BCUT2D eigenvalue weighted by atomic mass is 9.87. The Morgan fingerprint density at radius 3 is 2.70 bits per heavy atom. The molecular formula is C20H23NO2. The van der Waals surface area contributed by atoms with E-state index in [0.29, 0.717) is 6.42 Å².